The van der Waals surface area contributed by atoms with E-state index in [0.717, 1.165) is 16.9 Å². The summed E-state index contributed by atoms with van der Waals surface area (Å²) < 4.78 is 26.6. The van der Waals surface area contributed by atoms with Gasteiger partial charge in [0, 0.05) is 16.6 Å². The van der Waals surface area contributed by atoms with Crippen LogP contribution < -0.4 is 10.5 Å². The Balaban J connectivity index is 2.29. The number of aryl methyl sites for hydroxylation is 1. The van der Waals surface area contributed by atoms with Crippen molar-refractivity contribution < 1.29 is 8.42 Å². The van der Waals surface area contributed by atoms with Crippen molar-refractivity contribution in [2.24, 2.45) is 0 Å². The van der Waals surface area contributed by atoms with Crippen LogP contribution in [0.2, 0.25) is 0 Å². The van der Waals surface area contributed by atoms with Gasteiger partial charge in [0.25, 0.3) is 10.0 Å². The smallest absolute Gasteiger partial charge is 0.272 e. The Morgan fingerprint density at radius 1 is 1.59 bits per heavy atom. The fraction of sp³-hybridized carbons (Fsp3) is 0.222. The molecule has 0 bridgehead atoms. The average molecular weight is 272 g/mol. The summed E-state index contributed by atoms with van der Waals surface area (Å²) in [7, 11) is -3.58. The molecule has 4 N–H and O–H groups in total. The summed E-state index contributed by atoms with van der Waals surface area (Å²) in [4.78, 5) is 0. The molecule has 0 aromatic carbocycles. The highest BCUT2D eigenvalue weighted by molar-refractivity contribution is 7.94. The first-order chi connectivity index (χ1) is 8.03. The summed E-state index contributed by atoms with van der Waals surface area (Å²) >= 11 is 1.08. The van der Waals surface area contributed by atoms with E-state index in [2.05, 4.69) is 14.9 Å². The fourth-order valence-corrected chi connectivity index (χ4v) is 3.46. The molecule has 6 nitrogen and oxygen atoms in total. The predicted molar refractivity (Wildman–Crippen MR) is 67.5 cm³/mol. The van der Waals surface area contributed by atoms with E-state index < -0.39 is 10.0 Å². The van der Waals surface area contributed by atoms with Crippen LogP contribution in [0.1, 0.15) is 12.5 Å². The lowest BCUT2D eigenvalue weighted by molar-refractivity contribution is 0.603. The molecule has 2 aromatic rings. The number of nitrogens with zero attached hydrogens (tertiary/aromatic N) is 1. The molecule has 17 heavy (non-hydrogen) atoms. The van der Waals surface area contributed by atoms with E-state index in [1.165, 1.54) is 6.07 Å². The van der Waals surface area contributed by atoms with Crippen molar-refractivity contribution in [3.63, 3.8) is 0 Å². The molecule has 0 unspecified atom stereocenters. The predicted octanol–water partition coefficient (Wildman–Crippen LogP) is 1.42. The van der Waals surface area contributed by atoms with Gasteiger partial charge in [0.2, 0.25) is 0 Å². The third-order valence-electron chi connectivity index (χ3n) is 2.20. The first-order valence-corrected chi connectivity index (χ1v) is 7.28. The standard InChI is InChI=1S/C9H12N4O2S2/c1-2-6-4-11-12-9(6)13-17(14,15)8-3-7(10)5-16-8/h3-5H,2,10H2,1H3,(H2,11,12,13). The maximum atomic E-state index is 12.0. The normalized spacial score (nSPS) is 11.6. The Hall–Kier alpha value is -1.54. The molecule has 0 radical (unpaired) electrons. The number of rotatable bonds is 4. The number of nitrogens with two attached hydrogens (primary N) is 1. The van der Waals surface area contributed by atoms with Crippen LogP contribution in [0, 0.1) is 0 Å². The van der Waals surface area contributed by atoms with Gasteiger partial charge in [-0.1, -0.05) is 6.92 Å². The van der Waals surface area contributed by atoms with Crippen molar-refractivity contribution in [1.82, 2.24) is 10.2 Å². The zero-order valence-electron chi connectivity index (χ0n) is 9.10. The van der Waals surface area contributed by atoms with Crippen LogP contribution in [-0.2, 0) is 16.4 Å². The molecule has 0 aliphatic heterocycles. The highest BCUT2D eigenvalue weighted by atomic mass is 32.2. The molecule has 2 rings (SSSR count). The molecule has 92 valence electrons. The SMILES string of the molecule is CCc1cn[nH]c1NS(=O)(=O)c1cc(N)cs1. The number of nitrogens with one attached hydrogen (secondary N) is 2. The van der Waals surface area contributed by atoms with Crippen LogP contribution in [0.3, 0.4) is 0 Å². The van der Waals surface area contributed by atoms with Gasteiger partial charge < -0.3 is 5.73 Å². The maximum Gasteiger partial charge on any atom is 0.272 e. The minimum atomic E-state index is -3.58. The zero-order chi connectivity index (χ0) is 12.5. The number of H-pyrrole nitrogens is 1. The summed E-state index contributed by atoms with van der Waals surface area (Å²) in [5.74, 6) is 0.402. The van der Waals surface area contributed by atoms with Crippen molar-refractivity contribution in [3.8, 4) is 0 Å². The molecule has 0 spiro atoms. The number of thiophene rings is 1. The van der Waals surface area contributed by atoms with E-state index in [0.29, 0.717) is 17.9 Å². The van der Waals surface area contributed by atoms with Crippen molar-refractivity contribution in [2.75, 3.05) is 10.5 Å². The van der Waals surface area contributed by atoms with Gasteiger partial charge in [-0.15, -0.1) is 11.3 Å². The van der Waals surface area contributed by atoms with Gasteiger partial charge >= 0.3 is 0 Å². The number of nitrogen functional groups attached to an aromatic ring is 1. The second-order valence-corrected chi connectivity index (χ2v) is 6.25. The molecule has 0 atom stereocenters. The summed E-state index contributed by atoms with van der Waals surface area (Å²) in [6.45, 7) is 1.92. The van der Waals surface area contributed by atoms with Crippen molar-refractivity contribution in [3.05, 3.63) is 23.2 Å². The highest BCUT2D eigenvalue weighted by Crippen LogP contribution is 2.24. The van der Waals surface area contributed by atoms with Crippen LogP contribution in [0.5, 0.6) is 0 Å². The minimum absolute atomic E-state index is 0.187. The van der Waals surface area contributed by atoms with Crippen LogP contribution >= 0.6 is 11.3 Å². The van der Waals surface area contributed by atoms with E-state index in [4.69, 9.17) is 5.73 Å². The van der Waals surface area contributed by atoms with Gasteiger partial charge in [0.1, 0.15) is 10.0 Å². The van der Waals surface area contributed by atoms with E-state index in [1.807, 2.05) is 6.92 Å². The molecule has 0 fully saturated rings. The summed E-state index contributed by atoms with van der Waals surface area (Å²) in [5.41, 5.74) is 6.76. The first-order valence-electron chi connectivity index (χ1n) is 4.92. The Kier molecular flexibility index (Phi) is 3.07. The van der Waals surface area contributed by atoms with Gasteiger partial charge in [-0.2, -0.15) is 5.10 Å². The molecular weight excluding hydrogens is 260 g/mol. The molecule has 2 aromatic heterocycles. The average Bonchev–Trinajstić information content (AvgIpc) is 2.86. The van der Waals surface area contributed by atoms with Crippen LogP contribution in [0.15, 0.2) is 21.9 Å². The van der Waals surface area contributed by atoms with E-state index in [1.54, 1.807) is 11.6 Å². The molecule has 0 saturated heterocycles. The Bertz CT molecular complexity index is 614. The highest BCUT2D eigenvalue weighted by Gasteiger charge is 2.18. The molecule has 0 aliphatic carbocycles. The summed E-state index contributed by atoms with van der Waals surface area (Å²) in [5, 5.41) is 8.01. The van der Waals surface area contributed by atoms with Gasteiger partial charge in [-0.25, -0.2) is 8.42 Å². The molecule has 8 heteroatoms. The number of aromatic nitrogens is 2. The first kappa shape index (κ1) is 11.9. The van der Waals surface area contributed by atoms with Gasteiger partial charge in [-0.3, -0.25) is 9.82 Å². The lowest BCUT2D eigenvalue weighted by atomic mass is 10.3. The molecular formula is C9H12N4O2S2. The van der Waals surface area contributed by atoms with Crippen molar-refractivity contribution in [1.29, 1.82) is 0 Å². The number of hydrogen-bond acceptors (Lipinski definition) is 5. The zero-order valence-corrected chi connectivity index (χ0v) is 10.7. The second-order valence-electron chi connectivity index (χ2n) is 3.43. The topological polar surface area (TPSA) is 101 Å². The lowest BCUT2D eigenvalue weighted by Crippen LogP contribution is -2.12. The second kappa shape index (κ2) is 4.38. The van der Waals surface area contributed by atoms with Crippen LogP contribution in [0.4, 0.5) is 11.5 Å². The van der Waals surface area contributed by atoms with Gasteiger partial charge in [0.05, 0.1) is 6.20 Å². The van der Waals surface area contributed by atoms with Crippen molar-refractivity contribution >= 4 is 32.9 Å². The molecule has 2 heterocycles. The Labute approximate surface area is 103 Å². The number of sulfonamides is 1. The third-order valence-corrected chi connectivity index (χ3v) is 5.00. The van der Waals surface area contributed by atoms with Gasteiger partial charge in [0.15, 0.2) is 0 Å². The quantitative estimate of drug-likeness (QED) is 0.783. The monoisotopic (exact) mass is 272 g/mol. The van der Waals surface area contributed by atoms with Crippen LogP contribution in [-0.4, -0.2) is 18.6 Å². The van der Waals surface area contributed by atoms with Crippen molar-refractivity contribution in [2.45, 2.75) is 17.6 Å². The van der Waals surface area contributed by atoms with E-state index >= 15 is 0 Å². The molecule has 0 saturated carbocycles. The van der Waals surface area contributed by atoms with E-state index in [9.17, 15) is 8.42 Å². The third kappa shape index (κ3) is 2.42. The summed E-state index contributed by atoms with van der Waals surface area (Å²) in [6, 6.07) is 1.43. The molecule has 0 aliphatic rings. The Morgan fingerprint density at radius 3 is 2.94 bits per heavy atom. The number of hydrogen-bond donors (Lipinski definition) is 3. The minimum Gasteiger partial charge on any atom is -0.398 e. The van der Waals surface area contributed by atoms with Crippen LogP contribution in [0.25, 0.3) is 0 Å². The van der Waals surface area contributed by atoms with Gasteiger partial charge in [-0.05, 0) is 12.5 Å². The fourth-order valence-electron chi connectivity index (χ4n) is 1.32. The summed E-state index contributed by atoms with van der Waals surface area (Å²) in [6.07, 6.45) is 2.29. The number of anilines is 2. The van der Waals surface area contributed by atoms with E-state index in [-0.39, 0.29) is 4.21 Å². The number of aromatic amines is 1. The largest absolute Gasteiger partial charge is 0.398 e. The lowest BCUT2D eigenvalue weighted by Gasteiger charge is -2.05. The molecule has 0 amide bonds. The Morgan fingerprint density at radius 2 is 2.35 bits per heavy atom. The maximum absolute atomic E-state index is 12.0.